The zero-order valence-corrected chi connectivity index (χ0v) is 53.3. The van der Waals surface area contributed by atoms with E-state index in [9.17, 15) is 0 Å². The van der Waals surface area contributed by atoms with Crippen molar-refractivity contribution in [2.75, 3.05) is 5.32 Å². The average Bonchev–Trinajstić information content (AvgIpc) is 3.35. The monoisotopic (exact) mass is 1120 g/mol. The number of para-hydroxylation sites is 1. The summed E-state index contributed by atoms with van der Waals surface area (Å²) >= 11 is 0. The standard InChI is InChI=1S/C63H114NP.C2H5.2CH3.Nd/c1-6-11-15-19-23-27-29-31-33-37-40-44-50-58-54-47-53-57(49-43-39-35-25-21-17-13-8-3)62(58)64-61(10-5)65-63-59(51-45-41-36-26-22-18-14-9-4)55-48-56-60(63)52-46-42-38-34-32-30-28-24-20-16-12-7-2;1-2;;;/h47-48,53-56,61,64-65H,6-46,49-52H2,1-5H3;1H2,2H3;2*1H3;/q;3*-1;+3. The van der Waals surface area contributed by atoms with E-state index in [4.69, 9.17) is 0 Å². The molecule has 2 rings (SSSR count). The van der Waals surface area contributed by atoms with Crippen LogP contribution in [0.15, 0.2) is 36.4 Å². The summed E-state index contributed by atoms with van der Waals surface area (Å²) in [4.78, 5) is 0. The average molecular weight is 1120 g/mol. The van der Waals surface area contributed by atoms with Gasteiger partial charge in [0.2, 0.25) is 0 Å². The third-order valence-corrected chi connectivity index (χ3v) is 16.6. The molecular formula is C67H125NNdP. The van der Waals surface area contributed by atoms with E-state index in [1.165, 1.54) is 295 Å². The molecule has 70 heavy (non-hydrogen) atoms. The topological polar surface area (TPSA) is 12.0 Å². The Morgan fingerprint density at radius 2 is 0.557 bits per heavy atom. The third-order valence-electron chi connectivity index (χ3n) is 14.7. The largest absolute Gasteiger partial charge is 3.00 e. The maximum absolute atomic E-state index is 4.37. The second kappa shape index (κ2) is 58.3. The van der Waals surface area contributed by atoms with Gasteiger partial charge < -0.3 is 27.1 Å². The van der Waals surface area contributed by atoms with E-state index >= 15 is 0 Å². The van der Waals surface area contributed by atoms with Crippen LogP contribution in [0, 0.1) is 62.6 Å². The molecule has 0 saturated carbocycles. The Morgan fingerprint density at radius 3 is 0.800 bits per heavy atom. The quantitative estimate of drug-likeness (QED) is 0.0396. The maximum Gasteiger partial charge on any atom is 3.00 e. The summed E-state index contributed by atoms with van der Waals surface area (Å²) in [5, 5.41) is 6.10. The molecule has 2 atom stereocenters. The van der Waals surface area contributed by atoms with Crippen molar-refractivity contribution in [2.24, 2.45) is 0 Å². The summed E-state index contributed by atoms with van der Waals surface area (Å²) in [5.74, 6) is 0.496. The first kappa shape index (κ1) is 74.3. The molecule has 0 fully saturated rings. The number of hydrogen-bond donors (Lipinski definition) is 1. The predicted molar refractivity (Wildman–Crippen MR) is 325 cm³/mol. The van der Waals surface area contributed by atoms with Crippen LogP contribution >= 0.6 is 8.58 Å². The number of aryl methyl sites for hydroxylation is 4. The van der Waals surface area contributed by atoms with E-state index in [0.29, 0.717) is 5.78 Å². The number of benzene rings is 2. The van der Waals surface area contributed by atoms with Crippen molar-refractivity contribution in [2.45, 2.75) is 336 Å². The zero-order chi connectivity index (χ0) is 48.5. The van der Waals surface area contributed by atoms with E-state index in [2.05, 4.69) is 83.3 Å². The van der Waals surface area contributed by atoms with Gasteiger partial charge in [-0.1, -0.05) is 311 Å². The van der Waals surface area contributed by atoms with Crippen LogP contribution in [0.5, 0.6) is 0 Å². The summed E-state index contributed by atoms with van der Waals surface area (Å²) < 4.78 is 0. The van der Waals surface area contributed by atoms with Crippen LogP contribution in [-0.4, -0.2) is 5.78 Å². The predicted octanol–water partition coefficient (Wildman–Crippen LogP) is 23.4. The first-order chi connectivity index (χ1) is 33.2. The Balaban J connectivity index is -0.00000885. The Morgan fingerprint density at radius 1 is 0.343 bits per heavy atom. The number of rotatable bonds is 49. The van der Waals surface area contributed by atoms with Gasteiger partial charge in [0.25, 0.3) is 0 Å². The van der Waals surface area contributed by atoms with E-state index in [-0.39, 0.29) is 55.7 Å². The molecule has 0 aromatic heterocycles. The van der Waals surface area contributed by atoms with E-state index in [0.717, 1.165) is 8.58 Å². The fourth-order valence-corrected chi connectivity index (χ4v) is 11.9. The third kappa shape index (κ3) is 41.3. The molecule has 0 aliphatic rings. The summed E-state index contributed by atoms with van der Waals surface area (Å²) in [7, 11) is 0.827. The molecule has 0 aliphatic carbocycles. The van der Waals surface area contributed by atoms with Crippen molar-refractivity contribution in [3.8, 4) is 0 Å². The van der Waals surface area contributed by atoms with Crippen molar-refractivity contribution < 1.29 is 40.8 Å². The van der Waals surface area contributed by atoms with Crippen molar-refractivity contribution in [1.82, 2.24) is 0 Å². The molecule has 0 bridgehead atoms. The Kier molecular flexibility index (Phi) is 61.8. The van der Waals surface area contributed by atoms with Crippen LogP contribution < -0.4 is 10.6 Å². The molecular weight excluding hydrogens is 994 g/mol. The van der Waals surface area contributed by atoms with Gasteiger partial charge in [0.05, 0.1) is 0 Å². The van der Waals surface area contributed by atoms with E-state index in [1.807, 2.05) is 0 Å². The van der Waals surface area contributed by atoms with Gasteiger partial charge in [-0.05, 0) is 85.3 Å². The zero-order valence-electron chi connectivity index (χ0n) is 49.1. The molecule has 407 valence electrons. The van der Waals surface area contributed by atoms with Crippen LogP contribution in [-0.2, 0) is 25.7 Å². The van der Waals surface area contributed by atoms with E-state index in [1.54, 1.807) is 34.5 Å². The van der Waals surface area contributed by atoms with Crippen molar-refractivity contribution in [3.05, 3.63) is 80.4 Å². The van der Waals surface area contributed by atoms with Crippen molar-refractivity contribution in [1.29, 1.82) is 0 Å². The van der Waals surface area contributed by atoms with Gasteiger partial charge in [0, 0.05) is 11.5 Å². The SMILES string of the molecule is CCCCCCCCCCCCCCc1cccc(CCCCCCCCCC)c1NC(CC)Pc1c(CCCCCCCCCC)cccc1CCCCCCCCCCCCCC.[CH2-]C.[CH3-].[CH3-].[Nd+3]. The minimum atomic E-state index is 0. The molecule has 0 aliphatic heterocycles. The van der Waals surface area contributed by atoms with Gasteiger partial charge in [0.1, 0.15) is 0 Å². The summed E-state index contributed by atoms with van der Waals surface area (Å²) in [5.41, 5.74) is 8.08. The van der Waals surface area contributed by atoms with Gasteiger partial charge in [-0.2, -0.15) is 6.92 Å². The van der Waals surface area contributed by atoms with Crippen LogP contribution in [0.25, 0.3) is 0 Å². The molecule has 2 aromatic carbocycles. The number of nitrogens with one attached hydrogen (secondary N) is 1. The smallest absolute Gasteiger partial charge is 0.378 e. The summed E-state index contributed by atoms with van der Waals surface area (Å²) in [6.45, 7) is 16.8. The second-order valence-electron chi connectivity index (χ2n) is 20.9. The number of anilines is 1. The molecule has 3 heteroatoms. The fraction of sp³-hybridized carbons (Fsp3) is 0.776. The van der Waals surface area contributed by atoms with Gasteiger partial charge in [-0.3, -0.25) is 0 Å². The molecule has 0 amide bonds. The molecule has 0 spiro atoms. The molecule has 1 radical (unpaired) electrons. The fourth-order valence-electron chi connectivity index (χ4n) is 10.3. The van der Waals surface area contributed by atoms with Gasteiger partial charge in [-0.15, -0.1) is 0 Å². The molecule has 1 nitrogen and oxygen atoms in total. The molecule has 1 N–H and O–H groups in total. The Labute approximate surface area is 478 Å². The summed E-state index contributed by atoms with van der Waals surface area (Å²) in [6.07, 6.45) is 62.6. The summed E-state index contributed by atoms with van der Waals surface area (Å²) in [6, 6.07) is 14.8. The van der Waals surface area contributed by atoms with E-state index < -0.39 is 0 Å². The Bertz CT molecular complexity index is 1210. The van der Waals surface area contributed by atoms with Crippen LogP contribution in [0.3, 0.4) is 0 Å². The van der Waals surface area contributed by atoms with Crippen molar-refractivity contribution in [3.63, 3.8) is 0 Å². The molecule has 2 aromatic rings. The van der Waals surface area contributed by atoms with Gasteiger partial charge in [0.15, 0.2) is 0 Å². The maximum atomic E-state index is 4.37. The number of hydrogen-bond acceptors (Lipinski definition) is 1. The van der Waals surface area contributed by atoms with Gasteiger partial charge in [-0.25, -0.2) is 0 Å². The van der Waals surface area contributed by atoms with Gasteiger partial charge >= 0.3 is 40.8 Å². The molecule has 0 saturated heterocycles. The van der Waals surface area contributed by atoms with Crippen molar-refractivity contribution >= 4 is 19.6 Å². The minimum absolute atomic E-state index is 0. The first-order valence-corrected chi connectivity index (χ1v) is 31.7. The Hall–Kier alpha value is 0.0206. The number of unbranched alkanes of at least 4 members (excludes halogenated alkanes) is 36. The molecule has 0 heterocycles. The minimum Gasteiger partial charge on any atom is -0.378 e. The first-order valence-electron chi connectivity index (χ1n) is 30.6. The second-order valence-corrected chi connectivity index (χ2v) is 22.4. The molecule has 2 unspecified atom stereocenters. The van der Waals surface area contributed by atoms with Crippen LogP contribution in [0.2, 0.25) is 0 Å². The normalized spacial score (nSPS) is 11.5. The van der Waals surface area contributed by atoms with Crippen LogP contribution in [0.4, 0.5) is 5.69 Å². The van der Waals surface area contributed by atoms with Crippen LogP contribution in [0.1, 0.15) is 327 Å².